The van der Waals surface area contributed by atoms with Crippen LogP contribution in [-0.2, 0) is 17.5 Å². The molecule has 4 nitrogen and oxygen atoms in total. The number of imide groups is 1. The first kappa shape index (κ1) is 18.4. The molecule has 0 atom stereocenters. The third kappa shape index (κ3) is 3.43. The standard InChI is InChI=1S/C20H13F3N2O2S/c21-20(22,23)14-7-5-12(6-8-14)11-25-18(26)17(28-19(25)27)9-13-10-24-16-4-2-1-3-15(13)16/h1-10,24H,11H2. The Bertz CT molecular complexity index is 1100. The number of amides is 2. The van der Waals surface area contributed by atoms with Crippen LogP contribution in [0.1, 0.15) is 16.7 Å². The van der Waals surface area contributed by atoms with Gasteiger partial charge in [-0.1, -0.05) is 30.3 Å². The van der Waals surface area contributed by atoms with Gasteiger partial charge in [0, 0.05) is 22.7 Å². The van der Waals surface area contributed by atoms with Gasteiger partial charge in [-0.05, 0) is 41.6 Å². The Morgan fingerprint density at radius 1 is 1.04 bits per heavy atom. The van der Waals surface area contributed by atoms with E-state index in [1.54, 1.807) is 12.3 Å². The van der Waals surface area contributed by atoms with Gasteiger partial charge in [0.05, 0.1) is 17.0 Å². The normalized spacial score (nSPS) is 16.5. The van der Waals surface area contributed by atoms with Crippen molar-refractivity contribution in [2.45, 2.75) is 12.7 Å². The highest BCUT2D eigenvalue weighted by Crippen LogP contribution is 2.35. The number of halogens is 3. The number of H-pyrrole nitrogens is 1. The van der Waals surface area contributed by atoms with Gasteiger partial charge >= 0.3 is 6.18 Å². The predicted octanol–water partition coefficient (Wildman–Crippen LogP) is 5.42. The van der Waals surface area contributed by atoms with Crippen LogP contribution in [0.4, 0.5) is 18.0 Å². The molecule has 8 heteroatoms. The van der Waals surface area contributed by atoms with Crippen LogP contribution in [-0.4, -0.2) is 21.0 Å². The number of nitrogens with zero attached hydrogens (tertiary/aromatic N) is 1. The third-order valence-electron chi connectivity index (χ3n) is 4.40. The Hall–Kier alpha value is -3.00. The molecule has 2 heterocycles. The molecule has 2 amide bonds. The van der Waals surface area contributed by atoms with Gasteiger partial charge < -0.3 is 4.98 Å². The van der Waals surface area contributed by atoms with E-state index in [1.165, 1.54) is 12.1 Å². The maximum absolute atomic E-state index is 12.7. The average Bonchev–Trinajstić information content (AvgIpc) is 3.18. The van der Waals surface area contributed by atoms with Gasteiger partial charge in [0.15, 0.2) is 0 Å². The van der Waals surface area contributed by atoms with Crippen LogP contribution in [0.3, 0.4) is 0 Å². The van der Waals surface area contributed by atoms with Gasteiger partial charge in [-0.3, -0.25) is 14.5 Å². The largest absolute Gasteiger partial charge is 0.416 e. The van der Waals surface area contributed by atoms with Crippen LogP contribution in [0.5, 0.6) is 0 Å². The quantitative estimate of drug-likeness (QED) is 0.595. The van der Waals surface area contributed by atoms with E-state index < -0.39 is 22.9 Å². The molecule has 4 rings (SSSR count). The van der Waals surface area contributed by atoms with E-state index in [0.29, 0.717) is 5.56 Å². The smallest absolute Gasteiger partial charge is 0.361 e. The van der Waals surface area contributed by atoms with Gasteiger partial charge in [-0.15, -0.1) is 0 Å². The molecule has 1 aliphatic rings. The average molecular weight is 402 g/mol. The minimum absolute atomic E-state index is 0.0754. The highest BCUT2D eigenvalue weighted by Gasteiger charge is 2.35. The third-order valence-corrected chi connectivity index (χ3v) is 5.31. The molecule has 1 aliphatic heterocycles. The van der Waals surface area contributed by atoms with Crippen molar-refractivity contribution < 1.29 is 22.8 Å². The van der Waals surface area contributed by atoms with Crippen molar-refractivity contribution >= 4 is 39.9 Å². The van der Waals surface area contributed by atoms with Crippen molar-refractivity contribution in [3.63, 3.8) is 0 Å². The molecule has 0 saturated carbocycles. The van der Waals surface area contributed by atoms with E-state index in [-0.39, 0.29) is 11.4 Å². The van der Waals surface area contributed by atoms with Crippen LogP contribution < -0.4 is 0 Å². The molecule has 1 N–H and O–H groups in total. The molecule has 2 aromatic carbocycles. The van der Waals surface area contributed by atoms with Crippen LogP contribution in [0.15, 0.2) is 59.6 Å². The number of hydrogen-bond donors (Lipinski definition) is 1. The highest BCUT2D eigenvalue weighted by atomic mass is 32.2. The van der Waals surface area contributed by atoms with E-state index in [4.69, 9.17) is 0 Å². The number of alkyl halides is 3. The summed E-state index contributed by atoms with van der Waals surface area (Å²) in [7, 11) is 0. The number of rotatable bonds is 3. The second kappa shape index (κ2) is 6.87. The van der Waals surface area contributed by atoms with Crippen molar-refractivity contribution in [3.05, 3.63) is 76.3 Å². The molecule has 3 aromatic rings. The van der Waals surface area contributed by atoms with Crippen molar-refractivity contribution in [1.29, 1.82) is 0 Å². The second-order valence-electron chi connectivity index (χ2n) is 6.25. The first-order valence-electron chi connectivity index (χ1n) is 8.30. The lowest BCUT2D eigenvalue weighted by Gasteiger charge is -2.13. The summed E-state index contributed by atoms with van der Waals surface area (Å²) in [5.74, 6) is -0.458. The topological polar surface area (TPSA) is 53.2 Å². The van der Waals surface area contributed by atoms with Gasteiger partial charge in [-0.2, -0.15) is 13.2 Å². The summed E-state index contributed by atoms with van der Waals surface area (Å²) in [5, 5.41) is 0.480. The number of aromatic amines is 1. The lowest BCUT2D eigenvalue weighted by molar-refractivity contribution is -0.137. The number of fused-ring (bicyclic) bond motifs is 1. The molecule has 1 fully saturated rings. The zero-order valence-electron chi connectivity index (χ0n) is 14.3. The molecule has 1 aromatic heterocycles. The maximum Gasteiger partial charge on any atom is 0.416 e. The van der Waals surface area contributed by atoms with Crippen LogP contribution in [0, 0.1) is 0 Å². The number of carbonyl (C=O) groups is 2. The Morgan fingerprint density at radius 3 is 2.46 bits per heavy atom. The summed E-state index contributed by atoms with van der Waals surface area (Å²) in [6, 6.07) is 12.0. The van der Waals surface area contributed by atoms with E-state index in [9.17, 15) is 22.8 Å². The molecule has 0 aliphatic carbocycles. The zero-order valence-corrected chi connectivity index (χ0v) is 15.1. The molecule has 0 radical (unpaired) electrons. The molecule has 0 spiro atoms. The van der Waals surface area contributed by atoms with Crippen molar-refractivity contribution in [3.8, 4) is 0 Å². The monoisotopic (exact) mass is 402 g/mol. The summed E-state index contributed by atoms with van der Waals surface area (Å²) in [6.07, 6.45) is -1.02. The summed E-state index contributed by atoms with van der Waals surface area (Å²) < 4.78 is 38.0. The summed E-state index contributed by atoms with van der Waals surface area (Å²) in [5.41, 5.74) is 1.38. The van der Waals surface area contributed by atoms with Gasteiger partial charge in [0.2, 0.25) is 0 Å². The number of thioether (sulfide) groups is 1. The Kier molecular flexibility index (Phi) is 4.50. The van der Waals surface area contributed by atoms with Crippen molar-refractivity contribution in [2.75, 3.05) is 0 Å². The molecular formula is C20H13F3N2O2S. The molecule has 28 heavy (non-hydrogen) atoms. The Morgan fingerprint density at radius 2 is 1.75 bits per heavy atom. The van der Waals surface area contributed by atoms with Gasteiger partial charge in [-0.25, -0.2) is 0 Å². The number of para-hydroxylation sites is 1. The first-order valence-corrected chi connectivity index (χ1v) is 9.12. The van der Waals surface area contributed by atoms with E-state index in [0.717, 1.165) is 45.3 Å². The Balaban J connectivity index is 1.56. The fraction of sp³-hybridized carbons (Fsp3) is 0.100. The minimum atomic E-state index is -4.43. The fourth-order valence-electron chi connectivity index (χ4n) is 2.97. The Labute approximate surface area is 162 Å². The molecule has 1 saturated heterocycles. The SMILES string of the molecule is O=C1SC(=Cc2c[nH]c3ccccc23)C(=O)N1Cc1ccc(C(F)(F)F)cc1. The number of nitrogens with one attached hydrogen (secondary N) is 1. The van der Waals surface area contributed by atoms with Gasteiger partial charge in [0.25, 0.3) is 11.1 Å². The van der Waals surface area contributed by atoms with Crippen molar-refractivity contribution in [1.82, 2.24) is 9.88 Å². The van der Waals surface area contributed by atoms with E-state index in [1.807, 2.05) is 24.3 Å². The molecule has 0 bridgehead atoms. The number of aromatic nitrogens is 1. The van der Waals surface area contributed by atoms with E-state index >= 15 is 0 Å². The van der Waals surface area contributed by atoms with Crippen LogP contribution >= 0.6 is 11.8 Å². The van der Waals surface area contributed by atoms with Gasteiger partial charge in [0.1, 0.15) is 0 Å². The lowest BCUT2D eigenvalue weighted by Crippen LogP contribution is -2.27. The van der Waals surface area contributed by atoms with Crippen LogP contribution in [0.25, 0.3) is 17.0 Å². The van der Waals surface area contributed by atoms with Crippen molar-refractivity contribution in [2.24, 2.45) is 0 Å². The second-order valence-corrected chi connectivity index (χ2v) is 7.25. The molecule has 142 valence electrons. The van der Waals surface area contributed by atoms with Crippen LogP contribution in [0.2, 0.25) is 0 Å². The number of carbonyl (C=O) groups excluding carboxylic acids is 2. The first-order chi connectivity index (χ1) is 13.3. The zero-order chi connectivity index (χ0) is 19.9. The minimum Gasteiger partial charge on any atom is -0.361 e. The summed E-state index contributed by atoms with van der Waals surface area (Å²) in [4.78, 5) is 29.3. The summed E-state index contributed by atoms with van der Waals surface area (Å²) >= 11 is 0.820. The lowest BCUT2D eigenvalue weighted by atomic mass is 10.1. The highest BCUT2D eigenvalue weighted by molar-refractivity contribution is 8.18. The number of benzene rings is 2. The fourth-order valence-corrected chi connectivity index (χ4v) is 3.80. The molecular weight excluding hydrogens is 389 g/mol. The maximum atomic E-state index is 12.7. The number of hydrogen-bond acceptors (Lipinski definition) is 3. The summed E-state index contributed by atoms with van der Waals surface area (Å²) in [6.45, 7) is -0.0754. The van der Waals surface area contributed by atoms with E-state index in [2.05, 4.69) is 4.98 Å². The predicted molar refractivity (Wildman–Crippen MR) is 101 cm³/mol. The molecule has 0 unspecified atom stereocenters.